The molecule has 1 nitrogen and oxygen atoms in total. The Kier molecular flexibility index (Phi) is 4.47. The highest BCUT2D eigenvalue weighted by Crippen LogP contribution is 2.15. The number of rotatable bonds is 2. The van der Waals surface area contributed by atoms with E-state index in [0.29, 0.717) is 0 Å². The summed E-state index contributed by atoms with van der Waals surface area (Å²) in [6.45, 7) is 1.58. The summed E-state index contributed by atoms with van der Waals surface area (Å²) in [6, 6.07) is 0. The van der Waals surface area contributed by atoms with Crippen molar-refractivity contribution >= 4 is 0 Å². The Morgan fingerprint density at radius 3 is 2.73 bits per heavy atom. The second-order valence-corrected chi connectivity index (χ2v) is 4.73. The minimum atomic E-state index is 0.744. The highest BCUT2D eigenvalue weighted by atomic mass is 15.3. The van der Waals surface area contributed by atoms with Crippen molar-refractivity contribution in [3.63, 3.8) is 0 Å². The smallest absolute Gasteiger partial charge is 0.141 e. The molecule has 0 radical (unpaired) electrons. The number of hydrogen-bond acceptors (Lipinski definition) is 0. The lowest BCUT2D eigenvalue weighted by molar-refractivity contribution is -0.875. The molecule has 0 aliphatic heterocycles. The van der Waals surface area contributed by atoms with Gasteiger partial charge in [-0.15, -0.1) is 6.42 Å². The van der Waals surface area contributed by atoms with Gasteiger partial charge in [0.25, 0.3) is 0 Å². The van der Waals surface area contributed by atoms with E-state index in [4.69, 9.17) is 6.42 Å². The third kappa shape index (κ3) is 4.73. The Labute approximate surface area is 93.8 Å². The van der Waals surface area contributed by atoms with E-state index in [0.717, 1.165) is 24.0 Å². The molecule has 0 heterocycles. The first-order chi connectivity index (χ1) is 7.14. The first-order valence-corrected chi connectivity index (χ1v) is 5.57. The first-order valence-electron chi connectivity index (χ1n) is 5.57. The number of nitrogens with zero attached hydrogens (tertiary/aromatic N) is 1. The standard InChI is InChI=1S/C14H20N/c1-4-12-15(2,3)13-8-11-14-9-6-5-7-10-14/h1,9H,5-7,10,12-13H2,2-3H3/q+1. The molecule has 1 aliphatic carbocycles. The maximum atomic E-state index is 5.30. The molecule has 0 N–H and O–H groups in total. The zero-order chi connectivity index (χ0) is 11.1. The average molecular weight is 202 g/mol. The van der Waals surface area contributed by atoms with Gasteiger partial charge in [0.1, 0.15) is 13.1 Å². The Hall–Kier alpha value is -1.18. The topological polar surface area (TPSA) is 0 Å². The van der Waals surface area contributed by atoms with Gasteiger partial charge in [-0.3, -0.25) is 0 Å². The second kappa shape index (κ2) is 5.64. The molecule has 0 spiro atoms. The average Bonchev–Trinajstić information content (AvgIpc) is 2.19. The lowest BCUT2D eigenvalue weighted by Gasteiger charge is -2.24. The quantitative estimate of drug-likeness (QED) is 0.476. The van der Waals surface area contributed by atoms with Crippen LogP contribution in [0.5, 0.6) is 0 Å². The molecule has 0 aromatic heterocycles. The van der Waals surface area contributed by atoms with Crippen LogP contribution in [0, 0.1) is 24.2 Å². The van der Waals surface area contributed by atoms with Gasteiger partial charge in [0.05, 0.1) is 14.1 Å². The molecule has 0 saturated heterocycles. The van der Waals surface area contributed by atoms with Gasteiger partial charge < -0.3 is 4.48 Å². The molecule has 0 unspecified atom stereocenters. The van der Waals surface area contributed by atoms with Gasteiger partial charge in [0.2, 0.25) is 0 Å². The molecule has 1 rings (SSSR count). The van der Waals surface area contributed by atoms with E-state index >= 15 is 0 Å². The maximum Gasteiger partial charge on any atom is 0.141 e. The Bertz CT molecular complexity index is 331. The van der Waals surface area contributed by atoms with Crippen molar-refractivity contribution in [1.29, 1.82) is 0 Å². The highest BCUT2D eigenvalue weighted by Gasteiger charge is 2.10. The SMILES string of the molecule is C#CC[N+](C)(C)CC#CC1=CCCCC1. The Morgan fingerprint density at radius 1 is 1.33 bits per heavy atom. The van der Waals surface area contributed by atoms with Crippen LogP contribution in [-0.2, 0) is 0 Å². The molecule has 1 heteroatoms. The van der Waals surface area contributed by atoms with Gasteiger partial charge in [-0.1, -0.05) is 12.0 Å². The van der Waals surface area contributed by atoms with Crippen molar-refractivity contribution < 1.29 is 4.48 Å². The molecular formula is C14H20N+. The molecule has 1 aliphatic rings. The van der Waals surface area contributed by atoms with Gasteiger partial charge >= 0.3 is 0 Å². The normalized spacial score (nSPS) is 15.9. The summed E-state index contributed by atoms with van der Waals surface area (Å²) < 4.78 is 0.788. The summed E-state index contributed by atoms with van der Waals surface area (Å²) in [5, 5.41) is 0. The van der Waals surface area contributed by atoms with Gasteiger partial charge in [-0.2, -0.15) is 0 Å². The molecule has 0 fully saturated rings. The number of allylic oxidation sites excluding steroid dienone is 2. The lowest BCUT2D eigenvalue weighted by atomic mass is 10.0. The zero-order valence-electron chi connectivity index (χ0n) is 9.84. The van der Waals surface area contributed by atoms with E-state index in [1.54, 1.807) is 0 Å². The van der Waals surface area contributed by atoms with Gasteiger partial charge in [-0.05, 0) is 43.1 Å². The summed E-state index contributed by atoms with van der Waals surface area (Å²) in [5.74, 6) is 9.19. The summed E-state index contributed by atoms with van der Waals surface area (Å²) in [4.78, 5) is 0. The van der Waals surface area contributed by atoms with Gasteiger partial charge in [0.15, 0.2) is 0 Å². The Morgan fingerprint density at radius 2 is 2.13 bits per heavy atom. The van der Waals surface area contributed by atoms with Crippen LogP contribution in [-0.4, -0.2) is 31.7 Å². The minimum absolute atomic E-state index is 0.744. The van der Waals surface area contributed by atoms with Crippen LogP contribution < -0.4 is 0 Å². The molecule has 0 aromatic carbocycles. The first kappa shape index (κ1) is 11.9. The van der Waals surface area contributed by atoms with Crippen LogP contribution in [0.2, 0.25) is 0 Å². The summed E-state index contributed by atoms with van der Waals surface area (Å²) in [5.41, 5.74) is 1.32. The van der Waals surface area contributed by atoms with Crippen LogP contribution in [0.3, 0.4) is 0 Å². The molecule has 0 saturated carbocycles. The lowest BCUT2D eigenvalue weighted by Crippen LogP contribution is -2.40. The number of hydrogen-bond donors (Lipinski definition) is 0. The maximum absolute atomic E-state index is 5.30. The van der Waals surface area contributed by atoms with Crippen LogP contribution in [0.25, 0.3) is 0 Å². The molecule has 0 amide bonds. The van der Waals surface area contributed by atoms with Crippen LogP contribution in [0.15, 0.2) is 11.6 Å². The van der Waals surface area contributed by atoms with E-state index in [-0.39, 0.29) is 0 Å². The van der Waals surface area contributed by atoms with Crippen molar-refractivity contribution in [2.45, 2.75) is 25.7 Å². The summed E-state index contributed by atoms with van der Waals surface area (Å²) in [7, 11) is 4.23. The molecule has 0 aromatic rings. The molecule has 0 atom stereocenters. The van der Waals surface area contributed by atoms with Gasteiger partial charge in [-0.25, -0.2) is 0 Å². The van der Waals surface area contributed by atoms with Crippen molar-refractivity contribution in [3.8, 4) is 24.2 Å². The monoisotopic (exact) mass is 202 g/mol. The van der Waals surface area contributed by atoms with E-state index in [1.807, 2.05) is 0 Å². The minimum Gasteiger partial charge on any atom is -0.308 e. The largest absolute Gasteiger partial charge is 0.308 e. The predicted molar refractivity (Wildman–Crippen MR) is 65.0 cm³/mol. The van der Waals surface area contributed by atoms with E-state index in [9.17, 15) is 0 Å². The van der Waals surface area contributed by atoms with Crippen molar-refractivity contribution in [3.05, 3.63) is 11.6 Å². The summed E-state index contributed by atoms with van der Waals surface area (Å²) in [6.07, 6.45) is 12.6. The van der Waals surface area contributed by atoms with Crippen molar-refractivity contribution in [1.82, 2.24) is 0 Å². The fourth-order valence-electron chi connectivity index (χ4n) is 1.62. The molecule has 0 bridgehead atoms. The van der Waals surface area contributed by atoms with E-state index < -0.39 is 0 Å². The second-order valence-electron chi connectivity index (χ2n) is 4.73. The van der Waals surface area contributed by atoms with E-state index in [1.165, 1.54) is 24.8 Å². The third-order valence-corrected chi connectivity index (χ3v) is 2.57. The van der Waals surface area contributed by atoms with Gasteiger partial charge in [0, 0.05) is 0 Å². The van der Waals surface area contributed by atoms with Crippen molar-refractivity contribution in [2.24, 2.45) is 0 Å². The molecule has 80 valence electrons. The highest BCUT2D eigenvalue weighted by molar-refractivity contribution is 5.29. The van der Waals surface area contributed by atoms with Crippen LogP contribution in [0.4, 0.5) is 0 Å². The fraction of sp³-hybridized carbons (Fsp3) is 0.571. The van der Waals surface area contributed by atoms with E-state index in [2.05, 4.69) is 37.9 Å². The fourth-order valence-corrected chi connectivity index (χ4v) is 1.62. The van der Waals surface area contributed by atoms with Crippen LogP contribution >= 0.6 is 0 Å². The third-order valence-electron chi connectivity index (χ3n) is 2.57. The van der Waals surface area contributed by atoms with Crippen molar-refractivity contribution in [2.75, 3.05) is 27.2 Å². The zero-order valence-corrected chi connectivity index (χ0v) is 9.84. The number of quaternary nitrogens is 1. The van der Waals surface area contributed by atoms with Crippen LogP contribution in [0.1, 0.15) is 25.7 Å². The molecular weight excluding hydrogens is 182 g/mol. The number of terminal acetylenes is 1. The predicted octanol–water partition coefficient (Wildman–Crippen LogP) is 2.20. The molecule has 15 heavy (non-hydrogen) atoms. The Balaban J connectivity index is 2.45. The summed E-state index contributed by atoms with van der Waals surface area (Å²) >= 11 is 0.